The van der Waals surface area contributed by atoms with Gasteiger partial charge in [-0.15, -0.1) is 0 Å². The fraction of sp³-hybridized carbons (Fsp3) is 0.545. The summed E-state index contributed by atoms with van der Waals surface area (Å²) in [7, 11) is -3.83. The largest absolute Gasteiger partial charge is 0.440 e. The van der Waals surface area contributed by atoms with Crippen molar-refractivity contribution in [3.63, 3.8) is 0 Å². The van der Waals surface area contributed by atoms with E-state index in [4.69, 9.17) is 9.52 Å². The second-order valence-electron chi connectivity index (χ2n) is 4.27. The van der Waals surface area contributed by atoms with Crippen LogP contribution in [-0.2, 0) is 10.0 Å². The monoisotopic (exact) mass is 275 g/mol. The van der Waals surface area contributed by atoms with Gasteiger partial charge in [-0.25, -0.2) is 13.1 Å². The van der Waals surface area contributed by atoms with Crippen LogP contribution in [0.15, 0.2) is 21.6 Å². The maximum atomic E-state index is 12.0. The molecule has 1 aromatic rings. The molecule has 1 aromatic heterocycles. The van der Waals surface area contributed by atoms with Crippen LogP contribution in [0.4, 0.5) is 0 Å². The van der Waals surface area contributed by atoms with Crippen LogP contribution in [0, 0.1) is 0 Å². The van der Waals surface area contributed by atoms with Gasteiger partial charge >= 0.3 is 0 Å². The molecular formula is C11H17NO5S. The summed E-state index contributed by atoms with van der Waals surface area (Å²) >= 11 is 0. The first-order valence-corrected chi connectivity index (χ1v) is 7.05. The molecule has 6 nitrogen and oxygen atoms in total. The van der Waals surface area contributed by atoms with E-state index in [0.29, 0.717) is 19.1 Å². The first-order chi connectivity index (χ1) is 8.37. The number of hydrogen-bond donors (Lipinski definition) is 2. The van der Waals surface area contributed by atoms with E-state index in [0.717, 1.165) is 0 Å². The highest BCUT2D eigenvalue weighted by Gasteiger charge is 2.30. The second-order valence-corrected chi connectivity index (χ2v) is 5.88. The fourth-order valence-electron chi connectivity index (χ4n) is 1.46. The van der Waals surface area contributed by atoms with E-state index in [-0.39, 0.29) is 17.5 Å². The highest BCUT2D eigenvalue weighted by Crippen LogP contribution is 2.20. The average Bonchev–Trinajstić information content (AvgIpc) is 2.78. The lowest BCUT2D eigenvalue weighted by Crippen LogP contribution is -2.45. The number of aliphatic hydroxyl groups excluding tert-OH is 1. The summed E-state index contributed by atoms with van der Waals surface area (Å²) in [5, 5.41) is 8.63. The Bertz CT molecular complexity index is 507. The molecule has 0 aliphatic heterocycles. The lowest BCUT2D eigenvalue weighted by molar-refractivity contribution is 0.109. The van der Waals surface area contributed by atoms with Gasteiger partial charge in [0, 0.05) is 12.1 Å². The van der Waals surface area contributed by atoms with Crippen LogP contribution in [0.1, 0.15) is 37.2 Å². The topological polar surface area (TPSA) is 96.6 Å². The molecule has 0 saturated carbocycles. The molecule has 0 radical (unpaired) electrons. The minimum absolute atomic E-state index is 0.0456. The third-order valence-electron chi connectivity index (χ3n) is 2.81. The van der Waals surface area contributed by atoms with E-state index < -0.39 is 15.6 Å². The van der Waals surface area contributed by atoms with Crippen molar-refractivity contribution in [2.75, 3.05) is 6.61 Å². The fourth-order valence-corrected chi connectivity index (χ4v) is 2.91. The standard InChI is InChI=1S/C11H17NO5S/c1-3-11(2,6-7-13)12-18(15,16)10-5-4-9(8-14)17-10/h4-5,8,12-13H,3,6-7H2,1-2H3. The molecule has 18 heavy (non-hydrogen) atoms. The van der Waals surface area contributed by atoms with Crippen LogP contribution < -0.4 is 4.72 Å². The Hall–Kier alpha value is -1.18. The van der Waals surface area contributed by atoms with Crippen LogP contribution in [-0.4, -0.2) is 32.0 Å². The van der Waals surface area contributed by atoms with E-state index in [9.17, 15) is 13.2 Å². The van der Waals surface area contributed by atoms with E-state index >= 15 is 0 Å². The number of carbonyl (C=O) groups is 1. The summed E-state index contributed by atoms with van der Waals surface area (Å²) in [4.78, 5) is 10.4. The number of carbonyl (C=O) groups excluding carboxylic acids is 1. The van der Waals surface area contributed by atoms with Crippen molar-refractivity contribution in [2.24, 2.45) is 0 Å². The smallest absolute Gasteiger partial charge is 0.274 e. The SMILES string of the molecule is CCC(C)(CCO)NS(=O)(=O)c1ccc(C=O)o1. The van der Waals surface area contributed by atoms with Gasteiger partial charge in [0.25, 0.3) is 10.0 Å². The number of furan rings is 1. The quantitative estimate of drug-likeness (QED) is 0.721. The minimum Gasteiger partial charge on any atom is -0.440 e. The molecular weight excluding hydrogens is 258 g/mol. The number of hydrogen-bond acceptors (Lipinski definition) is 5. The molecule has 1 rings (SSSR count). The Morgan fingerprint density at radius 3 is 2.61 bits per heavy atom. The third-order valence-corrected chi connectivity index (χ3v) is 4.32. The van der Waals surface area contributed by atoms with Crippen molar-refractivity contribution in [2.45, 2.75) is 37.3 Å². The Balaban J connectivity index is 2.96. The molecule has 0 saturated heterocycles. The number of rotatable bonds is 7. The highest BCUT2D eigenvalue weighted by atomic mass is 32.2. The van der Waals surface area contributed by atoms with Crippen molar-refractivity contribution in [1.29, 1.82) is 0 Å². The number of nitrogens with one attached hydrogen (secondary N) is 1. The molecule has 0 aliphatic carbocycles. The van der Waals surface area contributed by atoms with Crippen molar-refractivity contribution in [3.05, 3.63) is 17.9 Å². The van der Waals surface area contributed by atoms with E-state index in [1.54, 1.807) is 6.92 Å². The maximum Gasteiger partial charge on any atom is 0.274 e. The van der Waals surface area contributed by atoms with Crippen LogP contribution in [0.5, 0.6) is 0 Å². The minimum atomic E-state index is -3.83. The molecule has 102 valence electrons. The van der Waals surface area contributed by atoms with Crippen molar-refractivity contribution < 1.29 is 22.7 Å². The maximum absolute atomic E-state index is 12.0. The predicted molar refractivity (Wildman–Crippen MR) is 64.8 cm³/mol. The zero-order valence-corrected chi connectivity index (χ0v) is 11.2. The van der Waals surface area contributed by atoms with Gasteiger partial charge in [-0.1, -0.05) is 6.92 Å². The first kappa shape index (κ1) is 14.9. The molecule has 0 spiro atoms. The Labute approximate surface area is 106 Å². The summed E-state index contributed by atoms with van der Waals surface area (Å²) in [6.45, 7) is 3.39. The van der Waals surface area contributed by atoms with Crippen molar-refractivity contribution >= 4 is 16.3 Å². The van der Waals surface area contributed by atoms with Gasteiger partial charge < -0.3 is 9.52 Å². The molecule has 7 heteroatoms. The normalized spacial score (nSPS) is 15.3. The first-order valence-electron chi connectivity index (χ1n) is 5.57. The molecule has 0 bridgehead atoms. The number of aliphatic hydroxyl groups is 1. The van der Waals surface area contributed by atoms with E-state index in [1.165, 1.54) is 12.1 Å². The molecule has 0 aromatic carbocycles. The van der Waals surface area contributed by atoms with Gasteiger partial charge in [0.2, 0.25) is 5.09 Å². The number of sulfonamides is 1. The molecule has 1 unspecified atom stereocenters. The Morgan fingerprint density at radius 2 is 2.17 bits per heavy atom. The van der Waals surface area contributed by atoms with E-state index in [1.807, 2.05) is 6.92 Å². The molecule has 1 atom stereocenters. The molecule has 2 N–H and O–H groups in total. The van der Waals surface area contributed by atoms with Crippen LogP contribution >= 0.6 is 0 Å². The highest BCUT2D eigenvalue weighted by molar-refractivity contribution is 7.89. The van der Waals surface area contributed by atoms with Crippen molar-refractivity contribution in [1.82, 2.24) is 4.72 Å². The zero-order valence-electron chi connectivity index (χ0n) is 10.3. The zero-order chi connectivity index (χ0) is 13.8. The Kier molecular flexibility index (Phi) is 4.66. The van der Waals surface area contributed by atoms with Crippen LogP contribution in [0.2, 0.25) is 0 Å². The summed E-state index contributed by atoms with van der Waals surface area (Å²) in [6, 6.07) is 2.51. The summed E-state index contributed by atoms with van der Waals surface area (Å²) in [6.07, 6.45) is 1.25. The summed E-state index contributed by atoms with van der Waals surface area (Å²) < 4.78 is 31.4. The lowest BCUT2D eigenvalue weighted by atomic mass is 9.97. The summed E-state index contributed by atoms with van der Waals surface area (Å²) in [5.74, 6) is -0.0456. The van der Waals surface area contributed by atoms with Gasteiger partial charge in [0.15, 0.2) is 12.0 Å². The van der Waals surface area contributed by atoms with Gasteiger partial charge in [-0.05, 0) is 31.9 Å². The van der Waals surface area contributed by atoms with Crippen LogP contribution in [0.25, 0.3) is 0 Å². The Morgan fingerprint density at radius 1 is 1.50 bits per heavy atom. The average molecular weight is 275 g/mol. The molecule has 0 amide bonds. The lowest BCUT2D eigenvalue weighted by Gasteiger charge is -2.27. The van der Waals surface area contributed by atoms with Crippen LogP contribution in [0.3, 0.4) is 0 Å². The second kappa shape index (κ2) is 5.64. The molecule has 1 heterocycles. The summed E-state index contributed by atoms with van der Waals surface area (Å²) in [5.41, 5.74) is -0.748. The molecule has 0 aliphatic rings. The predicted octanol–water partition coefficient (Wildman–Crippen LogP) is 0.922. The van der Waals surface area contributed by atoms with Gasteiger partial charge in [-0.2, -0.15) is 0 Å². The molecule has 0 fully saturated rings. The van der Waals surface area contributed by atoms with E-state index in [2.05, 4.69) is 4.72 Å². The van der Waals surface area contributed by atoms with Gasteiger partial charge in [0.05, 0.1) is 0 Å². The number of aldehydes is 1. The van der Waals surface area contributed by atoms with Gasteiger partial charge in [-0.3, -0.25) is 4.79 Å². The van der Waals surface area contributed by atoms with Gasteiger partial charge in [0.1, 0.15) is 0 Å². The third kappa shape index (κ3) is 3.41. The van der Waals surface area contributed by atoms with Crippen molar-refractivity contribution in [3.8, 4) is 0 Å².